The van der Waals surface area contributed by atoms with Crippen molar-refractivity contribution in [1.82, 2.24) is 4.98 Å². The lowest BCUT2D eigenvalue weighted by Crippen LogP contribution is -2.11. The number of hydrogen-bond donors (Lipinski definition) is 1. The van der Waals surface area contributed by atoms with Gasteiger partial charge in [0.2, 0.25) is 16.0 Å². The molecule has 2 N–H and O–H groups in total. The molecule has 0 aliphatic carbocycles. The van der Waals surface area contributed by atoms with Gasteiger partial charge in [0.1, 0.15) is 0 Å². The van der Waals surface area contributed by atoms with E-state index in [1.54, 1.807) is 18.2 Å². The highest BCUT2D eigenvalue weighted by Gasteiger charge is 2.19. The summed E-state index contributed by atoms with van der Waals surface area (Å²) >= 11 is 8.51. The Morgan fingerprint density at radius 3 is 2.00 bits per heavy atom. The quantitative estimate of drug-likeness (QED) is 0.535. The zero-order valence-corrected chi connectivity index (χ0v) is 16.6. The molecular weight excluding hydrogens is 483 g/mol. The van der Waals surface area contributed by atoms with E-state index in [1.165, 1.54) is 35.7 Å². The average molecular weight is 492 g/mol. The molecule has 3 aromatic rings. The predicted molar refractivity (Wildman–Crippen MR) is 99.7 cm³/mol. The summed E-state index contributed by atoms with van der Waals surface area (Å²) < 4.78 is 37.6. The Bertz CT molecular complexity index is 1000. The van der Waals surface area contributed by atoms with E-state index in [9.17, 15) is 12.8 Å². The average Bonchev–Trinajstić information content (AvgIpc) is 2.82. The van der Waals surface area contributed by atoms with Crippen LogP contribution >= 0.6 is 43.2 Å². The fourth-order valence-corrected chi connectivity index (χ4v) is 6.02. The highest BCUT2D eigenvalue weighted by atomic mass is 79.9. The monoisotopic (exact) mass is 490 g/mol. The molecule has 0 saturated carbocycles. The van der Waals surface area contributed by atoms with Crippen molar-refractivity contribution in [3.63, 3.8) is 0 Å². The van der Waals surface area contributed by atoms with Crippen LogP contribution in [-0.4, -0.2) is 13.4 Å². The third-order valence-corrected chi connectivity index (χ3v) is 6.77. The van der Waals surface area contributed by atoms with Gasteiger partial charge in [0, 0.05) is 22.9 Å². The molecule has 0 aliphatic heterocycles. The van der Waals surface area contributed by atoms with Crippen LogP contribution in [0.4, 0.5) is 4.39 Å². The minimum Gasteiger partial charge on any atom is -0.228 e. The summed E-state index contributed by atoms with van der Waals surface area (Å²) in [5, 5.41) is 5.13. The van der Waals surface area contributed by atoms with Crippen LogP contribution in [0.5, 0.6) is 0 Å². The zero-order chi connectivity index (χ0) is 17.5. The third kappa shape index (κ3) is 3.45. The molecule has 2 heterocycles. The van der Waals surface area contributed by atoms with Crippen molar-refractivity contribution in [2.24, 2.45) is 5.14 Å². The van der Waals surface area contributed by atoms with E-state index < -0.39 is 16.0 Å². The van der Waals surface area contributed by atoms with Gasteiger partial charge in [0.05, 0.1) is 12.5 Å². The number of benzene rings is 1. The molecule has 0 bridgehead atoms. The number of aromatic nitrogens is 1. The van der Waals surface area contributed by atoms with Crippen molar-refractivity contribution >= 4 is 53.2 Å². The zero-order valence-electron chi connectivity index (χ0n) is 11.8. The summed E-state index contributed by atoms with van der Waals surface area (Å²) in [6, 6.07) is 9.20. The molecule has 2 aromatic heterocycles. The van der Waals surface area contributed by atoms with Crippen LogP contribution in [0.1, 0.15) is 0 Å². The lowest BCUT2D eigenvalue weighted by atomic mass is 10.0. The van der Waals surface area contributed by atoms with Crippen molar-refractivity contribution < 1.29 is 12.8 Å². The number of rotatable bonds is 3. The maximum Gasteiger partial charge on any atom is 0.238 e. The van der Waals surface area contributed by atoms with Crippen LogP contribution in [-0.2, 0) is 10.0 Å². The molecule has 0 unspecified atom stereocenters. The summed E-state index contributed by atoms with van der Waals surface area (Å²) in [6.45, 7) is 0. The van der Waals surface area contributed by atoms with Crippen LogP contribution in [0.3, 0.4) is 0 Å². The Balaban J connectivity index is 2.17. The molecule has 4 nitrogen and oxygen atoms in total. The molecule has 24 heavy (non-hydrogen) atoms. The first-order chi connectivity index (χ1) is 11.3. The number of sulfonamides is 1. The van der Waals surface area contributed by atoms with Crippen molar-refractivity contribution in [3.05, 3.63) is 56.1 Å². The van der Waals surface area contributed by atoms with Gasteiger partial charge in [-0.2, -0.15) is 4.39 Å². The van der Waals surface area contributed by atoms with E-state index in [0.29, 0.717) is 0 Å². The molecule has 3 rings (SSSR count). The molecule has 0 amide bonds. The fourth-order valence-electron chi connectivity index (χ4n) is 2.23. The summed E-state index contributed by atoms with van der Waals surface area (Å²) in [5.74, 6) is -0.553. The SMILES string of the molecule is NS(=O)(=O)c1ccc(-c2c(Br)sc(Br)c2-c2ccc(F)nc2)cc1. The maximum absolute atomic E-state index is 13.1. The highest BCUT2D eigenvalue weighted by molar-refractivity contribution is 9.12. The Morgan fingerprint density at radius 2 is 1.50 bits per heavy atom. The van der Waals surface area contributed by atoms with Crippen LogP contribution < -0.4 is 5.14 Å². The molecule has 0 fully saturated rings. The Kier molecular flexibility index (Phi) is 4.89. The Hall–Kier alpha value is -1.13. The van der Waals surface area contributed by atoms with Gasteiger partial charge in [-0.3, -0.25) is 0 Å². The first-order valence-electron chi connectivity index (χ1n) is 6.50. The summed E-state index contributed by atoms with van der Waals surface area (Å²) in [6.07, 6.45) is 1.46. The van der Waals surface area contributed by atoms with Crippen molar-refractivity contribution in [1.29, 1.82) is 0 Å². The van der Waals surface area contributed by atoms with Gasteiger partial charge in [-0.15, -0.1) is 11.3 Å². The van der Waals surface area contributed by atoms with Crippen LogP contribution in [0.2, 0.25) is 0 Å². The van der Waals surface area contributed by atoms with Crippen molar-refractivity contribution in [2.75, 3.05) is 0 Å². The third-order valence-electron chi connectivity index (χ3n) is 3.31. The van der Waals surface area contributed by atoms with Crippen LogP contribution in [0.15, 0.2) is 55.1 Å². The van der Waals surface area contributed by atoms with E-state index in [-0.39, 0.29) is 4.90 Å². The largest absolute Gasteiger partial charge is 0.238 e. The van der Waals surface area contributed by atoms with E-state index in [1.807, 2.05) is 0 Å². The minimum atomic E-state index is -3.74. The minimum absolute atomic E-state index is 0.0432. The summed E-state index contributed by atoms with van der Waals surface area (Å²) in [5.41, 5.74) is 3.26. The van der Waals surface area contributed by atoms with E-state index in [0.717, 1.165) is 29.8 Å². The first-order valence-corrected chi connectivity index (χ1v) is 10.4. The Morgan fingerprint density at radius 1 is 0.958 bits per heavy atom. The molecule has 0 saturated heterocycles. The molecule has 0 spiro atoms. The topological polar surface area (TPSA) is 73.1 Å². The van der Waals surface area contributed by atoms with Gasteiger partial charge < -0.3 is 0 Å². The standard InChI is InChI=1S/C15H9Br2FN2O2S2/c16-14-12(8-1-4-10(5-2-8)24(19,21)22)13(15(17)23-14)9-3-6-11(18)20-7-9/h1-7H,(H2,19,21,22). The smallest absolute Gasteiger partial charge is 0.228 e. The molecule has 124 valence electrons. The number of primary sulfonamides is 1. The second kappa shape index (κ2) is 6.64. The van der Waals surface area contributed by atoms with E-state index in [4.69, 9.17) is 5.14 Å². The maximum atomic E-state index is 13.1. The van der Waals surface area contributed by atoms with Crippen molar-refractivity contribution in [2.45, 2.75) is 4.90 Å². The Labute approximate surface area is 158 Å². The van der Waals surface area contributed by atoms with Gasteiger partial charge in [0.15, 0.2) is 0 Å². The molecule has 0 radical (unpaired) electrons. The predicted octanol–water partition coefficient (Wildman–Crippen LogP) is 4.79. The highest BCUT2D eigenvalue weighted by Crippen LogP contribution is 2.48. The van der Waals surface area contributed by atoms with Gasteiger partial charge in [-0.25, -0.2) is 18.5 Å². The van der Waals surface area contributed by atoms with Crippen molar-refractivity contribution in [3.8, 4) is 22.3 Å². The first kappa shape index (κ1) is 17.7. The number of hydrogen-bond acceptors (Lipinski definition) is 4. The molecule has 9 heteroatoms. The molecular formula is C15H9Br2FN2O2S2. The normalized spacial score (nSPS) is 11.7. The van der Waals surface area contributed by atoms with Gasteiger partial charge in [-0.05, 0) is 61.7 Å². The van der Waals surface area contributed by atoms with Gasteiger partial charge >= 0.3 is 0 Å². The molecule has 0 aliphatic rings. The van der Waals surface area contributed by atoms with Gasteiger partial charge in [-0.1, -0.05) is 12.1 Å². The lowest BCUT2D eigenvalue weighted by Gasteiger charge is -2.07. The number of halogens is 3. The lowest BCUT2D eigenvalue weighted by molar-refractivity contribution is 0.584. The molecule has 1 aromatic carbocycles. The number of thiophene rings is 1. The van der Waals surface area contributed by atoms with E-state index in [2.05, 4.69) is 36.8 Å². The summed E-state index contributed by atoms with van der Waals surface area (Å²) in [4.78, 5) is 3.74. The number of pyridine rings is 1. The fraction of sp³-hybridized carbons (Fsp3) is 0. The van der Waals surface area contributed by atoms with Crippen LogP contribution in [0.25, 0.3) is 22.3 Å². The van der Waals surface area contributed by atoms with Gasteiger partial charge in [0.25, 0.3) is 0 Å². The molecule has 0 atom stereocenters. The second-order valence-corrected chi connectivity index (χ2v) is 10.1. The number of nitrogens with zero attached hydrogens (tertiary/aromatic N) is 1. The number of nitrogens with two attached hydrogens (primary N) is 1. The van der Waals surface area contributed by atoms with E-state index >= 15 is 0 Å². The summed E-state index contributed by atoms with van der Waals surface area (Å²) in [7, 11) is -3.74. The van der Waals surface area contributed by atoms with Crippen LogP contribution in [0, 0.1) is 5.95 Å². The second-order valence-electron chi connectivity index (χ2n) is 4.84.